The first kappa shape index (κ1) is 11.7. The zero-order chi connectivity index (χ0) is 13.2. The van der Waals surface area contributed by atoms with Crippen molar-refractivity contribution in [3.63, 3.8) is 0 Å². The molecule has 0 unspecified atom stereocenters. The van der Waals surface area contributed by atoms with E-state index in [0.717, 1.165) is 28.0 Å². The Labute approximate surface area is 112 Å². The van der Waals surface area contributed by atoms with Crippen LogP contribution in [0.25, 0.3) is 16.9 Å². The zero-order valence-electron chi connectivity index (χ0n) is 10.5. The normalized spacial score (nSPS) is 10.6. The summed E-state index contributed by atoms with van der Waals surface area (Å²) in [7, 11) is 5.82. The van der Waals surface area contributed by atoms with E-state index in [2.05, 4.69) is 15.1 Å². The van der Waals surface area contributed by atoms with E-state index >= 15 is 0 Å². The summed E-state index contributed by atoms with van der Waals surface area (Å²) in [4.78, 5) is 8.11. The molecule has 5 heteroatoms. The lowest BCUT2D eigenvalue weighted by molar-refractivity contribution is 0.880. The van der Waals surface area contributed by atoms with Gasteiger partial charge in [-0.3, -0.25) is 0 Å². The molecule has 19 heavy (non-hydrogen) atoms. The van der Waals surface area contributed by atoms with Gasteiger partial charge < -0.3 is 0 Å². The Morgan fingerprint density at radius 2 is 2.11 bits per heavy atom. The Balaban J connectivity index is 1.99. The molecule has 2 heterocycles. The van der Waals surface area contributed by atoms with Crippen LogP contribution in [0.15, 0.2) is 49.2 Å². The summed E-state index contributed by atoms with van der Waals surface area (Å²) in [6.45, 7) is 1.98. The van der Waals surface area contributed by atoms with E-state index in [0.29, 0.717) is 0 Å². The Hall–Kier alpha value is -2.43. The Kier molecular flexibility index (Phi) is 2.87. The topological polar surface area (TPSA) is 43.6 Å². The second-order valence-corrected chi connectivity index (χ2v) is 4.31. The standard InChI is InChI=1S/C14H11BN4/c1-10-6-12(2-3-13(10)15)19-8-11(7-18-19)14-4-5-16-9-17-14/h2-9H,1H3. The predicted molar refractivity (Wildman–Crippen MR) is 74.7 cm³/mol. The summed E-state index contributed by atoms with van der Waals surface area (Å²) in [6.07, 6.45) is 6.97. The molecule has 0 fully saturated rings. The first-order chi connectivity index (χ1) is 9.24. The largest absolute Gasteiger partial charge is 0.245 e. The molecule has 0 bridgehead atoms. The Morgan fingerprint density at radius 3 is 2.84 bits per heavy atom. The Morgan fingerprint density at radius 1 is 1.21 bits per heavy atom. The summed E-state index contributed by atoms with van der Waals surface area (Å²) in [6, 6.07) is 7.69. The number of aromatic nitrogens is 4. The quantitative estimate of drug-likeness (QED) is 0.642. The van der Waals surface area contributed by atoms with Crippen LogP contribution in [0, 0.1) is 6.92 Å². The number of hydrogen-bond acceptors (Lipinski definition) is 3. The van der Waals surface area contributed by atoms with Crippen molar-refractivity contribution in [3.05, 3.63) is 54.7 Å². The van der Waals surface area contributed by atoms with Gasteiger partial charge in [-0.25, -0.2) is 14.6 Å². The third kappa shape index (κ3) is 2.27. The molecule has 1 aromatic carbocycles. The lowest BCUT2D eigenvalue weighted by atomic mass is 9.91. The van der Waals surface area contributed by atoms with Crippen LogP contribution in [0.4, 0.5) is 0 Å². The fourth-order valence-electron chi connectivity index (χ4n) is 1.86. The van der Waals surface area contributed by atoms with E-state index in [-0.39, 0.29) is 0 Å². The smallest absolute Gasteiger partial charge is 0.116 e. The third-order valence-electron chi connectivity index (χ3n) is 2.98. The number of nitrogens with zero attached hydrogens (tertiary/aromatic N) is 4. The predicted octanol–water partition coefficient (Wildman–Crippen LogP) is 1.43. The van der Waals surface area contributed by atoms with Crippen LogP contribution in [-0.4, -0.2) is 27.6 Å². The van der Waals surface area contributed by atoms with Crippen molar-refractivity contribution in [1.82, 2.24) is 19.7 Å². The van der Waals surface area contributed by atoms with E-state index in [1.807, 2.05) is 42.1 Å². The van der Waals surface area contributed by atoms with Crippen molar-refractivity contribution in [3.8, 4) is 16.9 Å². The molecule has 0 amide bonds. The monoisotopic (exact) mass is 246 g/mol. The highest BCUT2D eigenvalue weighted by atomic mass is 15.3. The fraction of sp³-hybridized carbons (Fsp3) is 0.0714. The molecular formula is C14H11BN4. The van der Waals surface area contributed by atoms with Crippen molar-refractivity contribution in [2.45, 2.75) is 6.92 Å². The van der Waals surface area contributed by atoms with Crippen LogP contribution in [0.1, 0.15) is 5.56 Å². The second kappa shape index (κ2) is 4.68. The highest BCUT2D eigenvalue weighted by Crippen LogP contribution is 2.17. The van der Waals surface area contributed by atoms with E-state index in [1.54, 1.807) is 12.4 Å². The van der Waals surface area contributed by atoms with Gasteiger partial charge in [0, 0.05) is 18.0 Å². The molecule has 4 nitrogen and oxygen atoms in total. The van der Waals surface area contributed by atoms with Gasteiger partial charge in [-0.15, -0.1) is 0 Å². The van der Waals surface area contributed by atoms with Crippen LogP contribution < -0.4 is 5.46 Å². The SMILES string of the molecule is [B]c1ccc(-n2cc(-c3ccncn3)cn2)cc1C. The van der Waals surface area contributed by atoms with Gasteiger partial charge in [-0.05, 0) is 25.1 Å². The van der Waals surface area contributed by atoms with Gasteiger partial charge in [0.1, 0.15) is 14.2 Å². The van der Waals surface area contributed by atoms with Crippen molar-refractivity contribution in [2.24, 2.45) is 0 Å². The summed E-state index contributed by atoms with van der Waals surface area (Å²) < 4.78 is 1.81. The molecule has 0 N–H and O–H groups in total. The molecule has 90 valence electrons. The van der Waals surface area contributed by atoms with Gasteiger partial charge in [-0.1, -0.05) is 17.1 Å². The van der Waals surface area contributed by atoms with Gasteiger partial charge in [-0.2, -0.15) is 5.10 Å². The van der Waals surface area contributed by atoms with E-state index in [4.69, 9.17) is 7.85 Å². The van der Waals surface area contributed by atoms with E-state index in [1.165, 1.54) is 6.33 Å². The first-order valence-corrected chi connectivity index (χ1v) is 5.91. The molecule has 2 radical (unpaired) electrons. The number of aryl methyl sites for hydroxylation is 1. The van der Waals surface area contributed by atoms with Crippen molar-refractivity contribution >= 4 is 13.3 Å². The molecule has 0 atom stereocenters. The summed E-state index contributed by atoms with van der Waals surface area (Å²) in [5, 5.41) is 4.35. The van der Waals surface area contributed by atoms with Gasteiger partial charge in [0.2, 0.25) is 0 Å². The van der Waals surface area contributed by atoms with Crippen LogP contribution >= 0.6 is 0 Å². The van der Waals surface area contributed by atoms with Crippen LogP contribution in [0.5, 0.6) is 0 Å². The van der Waals surface area contributed by atoms with Gasteiger partial charge in [0.25, 0.3) is 0 Å². The van der Waals surface area contributed by atoms with Crippen molar-refractivity contribution < 1.29 is 0 Å². The average Bonchev–Trinajstić information content (AvgIpc) is 2.93. The minimum absolute atomic E-state index is 0.784. The van der Waals surface area contributed by atoms with Gasteiger partial charge >= 0.3 is 0 Å². The van der Waals surface area contributed by atoms with Gasteiger partial charge in [0.05, 0.1) is 17.6 Å². The van der Waals surface area contributed by atoms with Crippen molar-refractivity contribution in [2.75, 3.05) is 0 Å². The van der Waals surface area contributed by atoms with Crippen LogP contribution in [0.2, 0.25) is 0 Å². The lowest BCUT2D eigenvalue weighted by Gasteiger charge is -2.05. The van der Waals surface area contributed by atoms with E-state index < -0.39 is 0 Å². The molecule has 0 saturated carbocycles. The first-order valence-electron chi connectivity index (χ1n) is 5.91. The Bertz CT molecular complexity index is 706. The number of rotatable bonds is 2. The van der Waals surface area contributed by atoms with Gasteiger partial charge in [0.15, 0.2) is 0 Å². The molecule has 3 rings (SSSR count). The number of benzene rings is 1. The summed E-state index contributed by atoms with van der Waals surface area (Å²) >= 11 is 0. The maximum atomic E-state index is 5.82. The fourth-order valence-corrected chi connectivity index (χ4v) is 1.86. The molecular weight excluding hydrogens is 235 g/mol. The number of hydrogen-bond donors (Lipinski definition) is 0. The average molecular weight is 246 g/mol. The molecule has 0 aliphatic carbocycles. The summed E-state index contributed by atoms with van der Waals surface area (Å²) in [5.74, 6) is 0. The maximum Gasteiger partial charge on any atom is 0.116 e. The zero-order valence-corrected chi connectivity index (χ0v) is 10.5. The molecule has 0 aliphatic rings. The molecule has 0 saturated heterocycles. The summed E-state index contributed by atoms with van der Waals surface area (Å²) in [5.41, 5.74) is 4.61. The van der Waals surface area contributed by atoms with Crippen LogP contribution in [-0.2, 0) is 0 Å². The second-order valence-electron chi connectivity index (χ2n) is 4.31. The van der Waals surface area contributed by atoms with Crippen LogP contribution in [0.3, 0.4) is 0 Å². The highest BCUT2D eigenvalue weighted by molar-refractivity contribution is 6.33. The molecule has 3 aromatic rings. The minimum atomic E-state index is 0.784. The minimum Gasteiger partial charge on any atom is -0.245 e. The molecule has 0 aliphatic heterocycles. The van der Waals surface area contributed by atoms with Crippen molar-refractivity contribution in [1.29, 1.82) is 0 Å². The molecule has 0 spiro atoms. The highest BCUT2D eigenvalue weighted by Gasteiger charge is 2.04. The molecule has 2 aromatic heterocycles. The van der Waals surface area contributed by atoms with E-state index in [9.17, 15) is 0 Å². The third-order valence-corrected chi connectivity index (χ3v) is 2.98. The lowest BCUT2D eigenvalue weighted by Crippen LogP contribution is -2.08. The maximum absolute atomic E-state index is 5.82.